The molecule has 9 heteroatoms. The van der Waals surface area contributed by atoms with Crippen molar-refractivity contribution < 1.29 is 14.2 Å². The Morgan fingerprint density at radius 2 is 1.77 bits per heavy atom. The van der Waals surface area contributed by atoms with Gasteiger partial charge in [-0.15, -0.1) is 0 Å². The van der Waals surface area contributed by atoms with Gasteiger partial charge in [-0.1, -0.05) is 25.6 Å². The molecule has 182 valence electrons. The van der Waals surface area contributed by atoms with Crippen LogP contribution in [0.3, 0.4) is 0 Å². The van der Waals surface area contributed by atoms with Gasteiger partial charge >= 0.3 is 0 Å². The van der Waals surface area contributed by atoms with Gasteiger partial charge in [0, 0.05) is 11.3 Å². The van der Waals surface area contributed by atoms with Gasteiger partial charge < -0.3 is 14.2 Å². The van der Waals surface area contributed by atoms with E-state index >= 15 is 0 Å². The van der Waals surface area contributed by atoms with Crippen LogP contribution >= 0.6 is 11.8 Å². The second-order valence-electron chi connectivity index (χ2n) is 7.93. The summed E-state index contributed by atoms with van der Waals surface area (Å²) in [5.41, 5.74) is 5.38. The topological polar surface area (TPSA) is 102 Å². The van der Waals surface area contributed by atoms with Crippen molar-refractivity contribution in [2.45, 2.75) is 25.4 Å². The zero-order valence-electron chi connectivity index (χ0n) is 20.5. The number of ether oxygens (including phenoxy) is 3. The molecule has 0 spiro atoms. The lowest BCUT2D eigenvalue weighted by molar-refractivity contribution is 0.355. The number of nitriles is 1. The maximum Gasteiger partial charge on any atom is 0.190 e. The quantitative estimate of drug-likeness (QED) is 0.159. The van der Waals surface area contributed by atoms with Crippen molar-refractivity contribution in [1.29, 1.82) is 5.26 Å². The van der Waals surface area contributed by atoms with Gasteiger partial charge in [0.2, 0.25) is 0 Å². The molecule has 0 saturated carbocycles. The number of thioether (sulfide) groups is 1. The summed E-state index contributed by atoms with van der Waals surface area (Å²) < 4.78 is 15.9. The van der Waals surface area contributed by atoms with Crippen molar-refractivity contribution >= 4 is 23.8 Å². The molecule has 1 N–H and O–H groups in total. The Balaban J connectivity index is 1.95. The van der Waals surface area contributed by atoms with Gasteiger partial charge in [0.15, 0.2) is 22.5 Å². The first-order valence-electron chi connectivity index (χ1n) is 11.1. The highest BCUT2D eigenvalue weighted by atomic mass is 32.2. The largest absolute Gasteiger partial charge is 0.497 e. The number of nitrogens with one attached hydrogen (secondary N) is 1. The predicted octanol–water partition coefficient (Wildman–Crippen LogP) is 5.63. The normalized spacial score (nSPS) is 10.9. The van der Waals surface area contributed by atoms with E-state index in [1.54, 1.807) is 45.4 Å². The van der Waals surface area contributed by atoms with Crippen LogP contribution in [-0.2, 0) is 0 Å². The van der Waals surface area contributed by atoms with Crippen LogP contribution in [0.15, 0.2) is 52.7 Å². The van der Waals surface area contributed by atoms with Crippen LogP contribution < -0.4 is 19.6 Å². The highest BCUT2D eigenvalue weighted by Gasteiger charge is 2.17. The van der Waals surface area contributed by atoms with Crippen LogP contribution in [-0.4, -0.2) is 43.3 Å². The van der Waals surface area contributed by atoms with Crippen LogP contribution in [0.5, 0.6) is 17.2 Å². The standard InChI is InChI=1S/C26H29N5O3S/c1-17(2)12-13-35-26-29-24(19-7-9-20(32-3)10-8-19)21(15-27)25(30-26)31-28-16-18-6-11-22(33-4)23(14-18)34-5/h6-11,14,16-17H,12-13H2,1-5H3,(H,29,30,31)/b28-16-. The van der Waals surface area contributed by atoms with Crippen molar-refractivity contribution in [3.05, 3.63) is 53.6 Å². The molecule has 0 aliphatic heterocycles. The molecular formula is C26H29N5O3S. The van der Waals surface area contributed by atoms with Gasteiger partial charge in [0.25, 0.3) is 0 Å². The smallest absolute Gasteiger partial charge is 0.190 e. The molecule has 1 aromatic heterocycles. The molecule has 0 amide bonds. The molecule has 0 aliphatic carbocycles. The second-order valence-corrected chi connectivity index (χ2v) is 9.00. The molecule has 0 aliphatic rings. The first kappa shape index (κ1) is 25.8. The van der Waals surface area contributed by atoms with E-state index in [2.05, 4.69) is 35.4 Å². The van der Waals surface area contributed by atoms with Crippen molar-refractivity contribution in [3.63, 3.8) is 0 Å². The van der Waals surface area contributed by atoms with E-state index in [4.69, 9.17) is 19.2 Å². The van der Waals surface area contributed by atoms with Crippen molar-refractivity contribution in [2.75, 3.05) is 32.5 Å². The molecule has 35 heavy (non-hydrogen) atoms. The van der Waals surface area contributed by atoms with Gasteiger partial charge in [-0.3, -0.25) is 5.43 Å². The van der Waals surface area contributed by atoms with E-state index in [0.29, 0.717) is 39.6 Å². The SMILES string of the molecule is COc1ccc(-c2nc(SCCC(C)C)nc(N/N=C\c3ccc(OC)c(OC)c3)c2C#N)cc1. The number of nitrogens with zero attached hydrogens (tertiary/aromatic N) is 4. The minimum absolute atomic E-state index is 0.313. The second kappa shape index (κ2) is 12.6. The highest BCUT2D eigenvalue weighted by Crippen LogP contribution is 2.31. The maximum atomic E-state index is 9.96. The van der Waals surface area contributed by atoms with E-state index in [-0.39, 0.29) is 0 Å². The van der Waals surface area contributed by atoms with E-state index in [1.807, 2.05) is 36.4 Å². The molecule has 0 bridgehead atoms. The third-order valence-electron chi connectivity index (χ3n) is 5.08. The molecule has 0 radical (unpaired) electrons. The molecule has 0 fully saturated rings. The number of hydrogen-bond donors (Lipinski definition) is 1. The summed E-state index contributed by atoms with van der Waals surface area (Å²) >= 11 is 1.56. The van der Waals surface area contributed by atoms with Crippen LogP contribution in [0.25, 0.3) is 11.3 Å². The lowest BCUT2D eigenvalue weighted by Gasteiger charge is -2.12. The van der Waals surface area contributed by atoms with E-state index < -0.39 is 0 Å². The minimum Gasteiger partial charge on any atom is -0.497 e. The molecule has 8 nitrogen and oxygen atoms in total. The molecule has 3 rings (SSSR count). The fourth-order valence-corrected chi connectivity index (χ4v) is 4.22. The van der Waals surface area contributed by atoms with E-state index in [1.165, 1.54) is 0 Å². The van der Waals surface area contributed by atoms with Gasteiger partial charge in [-0.2, -0.15) is 10.4 Å². The minimum atomic E-state index is 0.313. The Labute approximate surface area is 210 Å². The average molecular weight is 492 g/mol. The maximum absolute atomic E-state index is 9.96. The molecule has 1 heterocycles. The number of anilines is 1. The Morgan fingerprint density at radius 1 is 1.03 bits per heavy atom. The van der Waals surface area contributed by atoms with Crippen LogP contribution in [0, 0.1) is 17.2 Å². The Hall–Kier alpha value is -3.77. The van der Waals surface area contributed by atoms with Crippen molar-refractivity contribution in [2.24, 2.45) is 11.0 Å². The summed E-state index contributed by atoms with van der Waals surface area (Å²) in [6.45, 7) is 4.36. The molecule has 0 saturated heterocycles. The van der Waals surface area contributed by atoms with Gasteiger partial charge in [0.1, 0.15) is 17.4 Å². The molecule has 2 aromatic carbocycles. The summed E-state index contributed by atoms with van der Waals surface area (Å²) in [5, 5.41) is 14.9. The average Bonchev–Trinajstić information content (AvgIpc) is 2.88. The number of rotatable bonds is 11. The van der Waals surface area contributed by atoms with E-state index in [0.717, 1.165) is 29.1 Å². The number of aromatic nitrogens is 2. The summed E-state index contributed by atoms with van der Waals surface area (Å²) in [4.78, 5) is 9.29. The van der Waals surface area contributed by atoms with Crippen LogP contribution in [0.2, 0.25) is 0 Å². The Bertz CT molecular complexity index is 1210. The van der Waals surface area contributed by atoms with Crippen molar-refractivity contribution in [1.82, 2.24) is 9.97 Å². The first-order chi connectivity index (χ1) is 17.0. The monoisotopic (exact) mass is 491 g/mol. The zero-order chi connectivity index (χ0) is 25.2. The Kier molecular flexibility index (Phi) is 9.32. The third-order valence-corrected chi connectivity index (χ3v) is 5.96. The summed E-state index contributed by atoms with van der Waals surface area (Å²) in [6.07, 6.45) is 2.66. The predicted molar refractivity (Wildman–Crippen MR) is 140 cm³/mol. The lowest BCUT2D eigenvalue weighted by Crippen LogP contribution is -2.04. The molecule has 3 aromatic rings. The summed E-state index contributed by atoms with van der Waals surface area (Å²) in [7, 11) is 4.78. The van der Waals surface area contributed by atoms with Crippen molar-refractivity contribution in [3.8, 4) is 34.6 Å². The summed E-state index contributed by atoms with van der Waals surface area (Å²) in [5.74, 6) is 3.75. The number of hydrogen-bond acceptors (Lipinski definition) is 9. The molecule has 0 atom stereocenters. The molecular weight excluding hydrogens is 462 g/mol. The van der Waals surface area contributed by atoms with Gasteiger partial charge in [-0.05, 0) is 60.4 Å². The molecule has 0 unspecified atom stereocenters. The first-order valence-corrected chi connectivity index (χ1v) is 12.1. The highest BCUT2D eigenvalue weighted by molar-refractivity contribution is 7.99. The van der Waals surface area contributed by atoms with Crippen LogP contribution in [0.4, 0.5) is 5.82 Å². The third kappa shape index (κ3) is 6.87. The fourth-order valence-electron chi connectivity index (χ4n) is 3.14. The number of methoxy groups -OCH3 is 3. The fraction of sp³-hybridized carbons (Fsp3) is 0.308. The number of benzene rings is 2. The number of hydrazone groups is 1. The zero-order valence-corrected chi connectivity index (χ0v) is 21.3. The Morgan fingerprint density at radius 3 is 2.40 bits per heavy atom. The van der Waals surface area contributed by atoms with Crippen LogP contribution in [0.1, 0.15) is 31.4 Å². The van der Waals surface area contributed by atoms with Gasteiger partial charge in [0.05, 0.1) is 33.2 Å². The van der Waals surface area contributed by atoms with Gasteiger partial charge in [-0.25, -0.2) is 9.97 Å². The lowest BCUT2D eigenvalue weighted by atomic mass is 10.1. The summed E-state index contributed by atoms with van der Waals surface area (Å²) in [6, 6.07) is 15.1. The van der Waals surface area contributed by atoms with E-state index in [9.17, 15) is 5.26 Å².